The smallest absolute Gasteiger partial charge is 0.257 e. The van der Waals surface area contributed by atoms with Gasteiger partial charge >= 0.3 is 0 Å². The zero-order valence-electron chi connectivity index (χ0n) is 17.1. The van der Waals surface area contributed by atoms with Gasteiger partial charge < -0.3 is 4.90 Å². The van der Waals surface area contributed by atoms with Gasteiger partial charge in [-0.25, -0.2) is 4.68 Å². The van der Waals surface area contributed by atoms with E-state index in [1.165, 1.54) is 11.1 Å². The lowest BCUT2D eigenvalue weighted by molar-refractivity contribution is 0.0724. The van der Waals surface area contributed by atoms with E-state index in [1.807, 2.05) is 77.0 Å². The minimum absolute atomic E-state index is 0.0121. The van der Waals surface area contributed by atoms with E-state index in [1.54, 1.807) is 6.20 Å². The topological polar surface area (TPSA) is 56.0 Å². The second-order valence-electron chi connectivity index (χ2n) is 7.78. The molecule has 0 fully saturated rings. The summed E-state index contributed by atoms with van der Waals surface area (Å²) in [6, 6.07) is 18.3. The van der Waals surface area contributed by atoms with Crippen LogP contribution in [0.4, 0.5) is 0 Å². The molecule has 1 aliphatic rings. The molecule has 0 spiro atoms. The molecule has 0 N–H and O–H groups in total. The molecular weight excluding hydrogens is 374 g/mol. The first-order valence-electron chi connectivity index (χ1n) is 10.1. The zero-order chi connectivity index (χ0) is 20.7. The number of nitrogens with zero attached hydrogens (tertiary/aromatic N) is 5. The maximum Gasteiger partial charge on any atom is 0.257 e. The van der Waals surface area contributed by atoms with Gasteiger partial charge in [0.15, 0.2) is 0 Å². The summed E-state index contributed by atoms with van der Waals surface area (Å²) >= 11 is 0. The van der Waals surface area contributed by atoms with Gasteiger partial charge in [0, 0.05) is 32.3 Å². The van der Waals surface area contributed by atoms with Gasteiger partial charge in [-0.3, -0.25) is 9.48 Å². The van der Waals surface area contributed by atoms with Crippen molar-refractivity contribution in [3.8, 4) is 5.69 Å². The molecule has 0 radical (unpaired) electrons. The number of carbonyl (C=O) groups is 1. The average Bonchev–Trinajstić information content (AvgIpc) is 3.38. The predicted octanol–water partition coefficient (Wildman–Crippen LogP) is 3.70. The molecule has 1 aliphatic heterocycles. The lowest BCUT2D eigenvalue weighted by Gasteiger charge is -2.34. The normalized spacial score (nSPS) is 15.8. The van der Waals surface area contributed by atoms with Crippen LogP contribution in [0.15, 0.2) is 73.2 Å². The minimum atomic E-state index is 0.0121. The van der Waals surface area contributed by atoms with Gasteiger partial charge in [-0.05, 0) is 35.7 Å². The van der Waals surface area contributed by atoms with Gasteiger partial charge in [0.25, 0.3) is 5.91 Å². The fourth-order valence-electron chi connectivity index (χ4n) is 4.29. The Bertz CT molecular complexity index is 1210. The molecule has 6 nitrogen and oxygen atoms in total. The number of amides is 1. The molecule has 2 aromatic carbocycles. The maximum atomic E-state index is 13.5. The first-order valence-corrected chi connectivity index (χ1v) is 10.1. The van der Waals surface area contributed by atoms with Crippen molar-refractivity contribution < 1.29 is 4.79 Å². The second-order valence-corrected chi connectivity index (χ2v) is 7.78. The summed E-state index contributed by atoms with van der Waals surface area (Å²) in [5.41, 5.74) is 6.02. The Kier molecular flexibility index (Phi) is 4.47. The van der Waals surface area contributed by atoms with E-state index >= 15 is 0 Å². The van der Waals surface area contributed by atoms with Gasteiger partial charge in [0.1, 0.15) is 0 Å². The minimum Gasteiger partial charge on any atom is -0.333 e. The Labute approximate surface area is 175 Å². The first kappa shape index (κ1) is 18.4. The fraction of sp³-hybridized carbons (Fsp3) is 0.208. The largest absolute Gasteiger partial charge is 0.333 e. The standard InChI is InChI=1S/C24H23N5O/c1-17-22(13-26-29(17)20-9-4-3-5-10-20)24(30)28-15-18-8-6-7-11-21(18)23(16-28)19-12-25-27(2)14-19/h3-14,23H,15-16H2,1-2H3. The summed E-state index contributed by atoms with van der Waals surface area (Å²) < 4.78 is 3.64. The third-order valence-corrected chi connectivity index (χ3v) is 5.85. The molecule has 2 aromatic heterocycles. The first-order chi connectivity index (χ1) is 14.6. The highest BCUT2D eigenvalue weighted by molar-refractivity contribution is 5.95. The monoisotopic (exact) mass is 397 g/mol. The third-order valence-electron chi connectivity index (χ3n) is 5.85. The Morgan fingerprint density at radius 1 is 1.00 bits per heavy atom. The van der Waals surface area contributed by atoms with Gasteiger partial charge in [0.2, 0.25) is 0 Å². The molecule has 1 unspecified atom stereocenters. The van der Waals surface area contributed by atoms with Crippen LogP contribution >= 0.6 is 0 Å². The van der Waals surface area contributed by atoms with Crippen molar-refractivity contribution in [2.45, 2.75) is 19.4 Å². The summed E-state index contributed by atoms with van der Waals surface area (Å²) in [7, 11) is 1.92. The molecule has 30 heavy (non-hydrogen) atoms. The van der Waals surface area contributed by atoms with E-state index in [9.17, 15) is 4.79 Å². The number of rotatable bonds is 3. The van der Waals surface area contributed by atoms with Crippen LogP contribution in [0, 0.1) is 6.92 Å². The van der Waals surface area contributed by atoms with Crippen LogP contribution in [0.25, 0.3) is 5.69 Å². The van der Waals surface area contributed by atoms with Gasteiger partial charge in [-0.15, -0.1) is 0 Å². The Balaban J connectivity index is 1.49. The predicted molar refractivity (Wildman–Crippen MR) is 115 cm³/mol. The Morgan fingerprint density at radius 3 is 2.53 bits per heavy atom. The van der Waals surface area contributed by atoms with Crippen LogP contribution in [-0.2, 0) is 13.6 Å². The number of benzene rings is 2. The van der Waals surface area contributed by atoms with Crippen LogP contribution in [0.1, 0.15) is 38.7 Å². The highest BCUT2D eigenvalue weighted by Gasteiger charge is 2.31. The van der Waals surface area contributed by atoms with Gasteiger partial charge in [-0.2, -0.15) is 10.2 Å². The SMILES string of the molecule is Cc1c(C(=O)N2Cc3ccccc3C(c3cnn(C)c3)C2)cnn1-c1ccccc1. The quantitative estimate of drug-likeness (QED) is 0.530. The lowest BCUT2D eigenvalue weighted by Crippen LogP contribution is -2.38. The molecule has 4 aromatic rings. The van der Waals surface area contributed by atoms with Crippen molar-refractivity contribution >= 4 is 5.91 Å². The summed E-state index contributed by atoms with van der Waals surface area (Å²) in [4.78, 5) is 15.4. The van der Waals surface area contributed by atoms with Crippen molar-refractivity contribution in [2.75, 3.05) is 6.54 Å². The summed E-state index contributed by atoms with van der Waals surface area (Å²) in [6.45, 7) is 3.17. The molecule has 3 heterocycles. The fourth-order valence-corrected chi connectivity index (χ4v) is 4.29. The number of aryl methyl sites for hydroxylation is 1. The van der Waals surface area contributed by atoms with E-state index in [2.05, 4.69) is 28.4 Å². The molecule has 1 atom stereocenters. The zero-order valence-corrected chi connectivity index (χ0v) is 17.1. The summed E-state index contributed by atoms with van der Waals surface area (Å²) in [5.74, 6) is 0.121. The van der Waals surface area contributed by atoms with E-state index in [4.69, 9.17) is 0 Å². The number of carbonyl (C=O) groups excluding carboxylic acids is 1. The van der Waals surface area contributed by atoms with E-state index in [0.717, 1.165) is 16.9 Å². The molecule has 0 saturated heterocycles. The van der Waals surface area contributed by atoms with Crippen molar-refractivity contribution in [3.63, 3.8) is 0 Å². The van der Waals surface area contributed by atoms with Crippen LogP contribution < -0.4 is 0 Å². The van der Waals surface area contributed by atoms with E-state index in [0.29, 0.717) is 18.7 Å². The molecule has 0 saturated carbocycles. The van der Waals surface area contributed by atoms with Crippen LogP contribution in [0.3, 0.4) is 0 Å². The number of para-hydroxylation sites is 1. The number of hydrogen-bond acceptors (Lipinski definition) is 3. The highest BCUT2D eigenvalue weighted by atomic mass is 16.2. The molecular formula is C24H23N5O. The van der Waals surface area contributed by atoms with E-state index in [-0.39, 0.29) is 11.8 Å². The lowest BCUT2D eigenvalue weighted by atomic mass is 9.86. The Hall–Kier alpha value is -3.67. The van der Waals surface area contributed by atoms with Crippen LogP contribution in [-0.4, -0.2) is 36.9 Å². The van der Waals surface area contributed by atoms with Crippen molar-refractivity contribution in [1.82, 2.24) is 24.5 Å². The molecule has 1 amide bonds. The molecule has 0 aliphatic carbocycles. The van der Waals surface area contributed by atoms with E-state index < -0.39 is 0 Å². The maximum absolute atomic E-state index is 13.5. The number of aromatic nitrogens is 4. The highest BCUT2D eigenvalue weighted by Crippen LogP contribution is 2.34. The van der Waals surface area contributed by atoms with Gasteiger partial charge in [-0.1, -0.05) is 42.5 Å². The van der Waals surface area contributed by atoms with Crippen LogP contribution in [0.2, 0.25) is 0 Å². The average molecular weight is 397 g/mol. The van der Waals surface area contributed by atoms with Crippen molar-refractivity contribution in [1.29, 1.82) is 0 Å². The Morgan fingerprint density at radius 2 is 1.77 bits per heavy atom. The number of fused-ring (bicyclic) bond motifs is 1. The molecule has 150 valence electrons. The third kappa shape index (κ3) is 3.10. The van der Waals surface area contributed by atoms with Crippen molar-refractivity contribution in [3.05, 3.63) is 101 Å². The molecule has 0 bridgehead atoms. The molecule has 5 rings (SSSR count). The van der Waals surface area contributed by atoms with Crippen LogP contribution in [0.5, 0.6) is 0 Å². The van der Waals surface area contributed by atoms with Gasteiger partial charge in [0.05, 0.1) is 29.3 Å². The van der Waals surface area contributed by atoms with Crippen molar-refractivity contribution in [2.24, 2.45) is 7.05 Å². The summed E-state index contributed by atoms with van der Waals surface area (Å²) in [6.07, 6.45) is 5.62. The number of hydrogen-bond donors (Lipinski definition) is 0. The molecule has 6 heteroatoms. The second kappa shape index (κ2) is 7.30. The summed E-state index contributed by atoms with van der Waals surface area (Å²) in [5, 5.41) is 8.83.